The van der Waals surface area contributed by atoms with Crippen LogP contribution in [0.15, 0.2) is 160 Å². The van der Waals surface area contributed by atoms with Crippen molar-refractivity contribution in [2.45, 2.75) is 47.0 Å². The minimum absolute atomic E-state index is 0.780. The van der Waals surface area contributed by atoms with Crippen molar-refractivity contribution in [3.8, 4) is 37.1 Å². The van der Waals surface area contributed by atoms with Crippen LogP contribution in [0.2, 0.25) is 0 Å². The molecule has 3 heterocycles. The van der Waals surface area contributed by atoms with Crippen LogP contribution in [0.5, 0.6) is 0 Å². The fraction of sp³-hybridized carbons (Fsp3) is 0.140. The van der Waals surface area contributed by atoms with Gasteiger partial charge < -0.3 is 0 Å². The molecule has 7 heteroatoms. The second-order valence-electron chi connectivity index (χ2n) is 13.9. The SMILES string of the molecule is CC=C1CCCC1=CC(C#Cc1ccc(-c2c(C)c(C)c(-c3ccc(/C=C/C)s3)c3nonc23)s1)=C([C]#[Os])[P+](c1ccccc1)(c1ccccc1)c1ccccc1. The summed E-state index contributed by atoms with van der Waals surface area (Å²) >= 11 is 5.25. The van der Waals surface area contributed by atoms with Crippen molar-refractivity contribution in [2.24, 2.45) is 0 Å². The van der Waals surface area contributed by atoms with Crippen molar-refractivity contribution in [3.63, 3.8) is 0 Å². The van der Waals surface area contributed by atoms with Crippen LogP contribution in [-0.4, -0.2) is 10.3 Å². The van der Waals surface area contributed by atoms with Gasteiger partial charge in [0.2, 0.25) is 0 Å². The number of rotatable bonds is 8. The predicted octanol–water partition coefficient (Wildman–Crippen LogP) is 12.5. The average Bonchev–Trinajstić information content (AvgIpc) is 4.10. The van der Waals surface area contributed by atoms with E-state index < -0.39 is 7.26 Å². The van der Waals surface area contributed by atoms with E-state index in [1.165, 1.54) is 43.1 Å². The Morgan fingerprint density at radius 1 is 0.702 bits per heavy atom. The van der Waals surface area contributed by atoms with Gasteiger partial charge in [0.1, 0.15) is 0 Å². The van der Waals surface area contributed by atoms with E-state index in [0.717, 1.165) is 66.9 Å². The fourth-order valence-corrected chi connectivity index (χ4v) is 15.8. The first-order valence-electron chi connectivity index (χ1n) is 19.1. The molecule has 57 heavy (non-hydrogen) atoms. The number of hydrogen-bond donors (Lipinski definition) is 0. The fourth-order valence-electron chi connectivity index (χ4n) is 7.96. The van der Waals surface area contributed by atoms with E-state index in [4.69, 9.17) is 4.63 Å². The van der Waals surface area contributed by atoms with Crippen LogP contribution in [0.4, 0.5) is 0 Å². The predicted molar refractivity (Wildman–Crippen MR) is 241 cm³/mol. The third-order valence-electron chi connectivity index (χ3n) is 10.7. The van der Waals surface area contributed by atoms with Gasteiger partial charge in [-0.05, 0) is 25.1 Å². The summed E-state index contributed by atoms with van der Waals surface area (Å²) in [6, 6.07) is 41.7. The molecule has 3 aromatic heterocycles. The molecule has 3 nitrogen and oxygen atoms in total. The Labute approximate surface area is 353 Å². The van der Waals surface area contributed by atoms with Gasteiger partial charge in [-0.25, -0.2) is 0 Å². The quantitative estimate of drug-likeness (QED) is 0.113. The number of aromatic nitrogens is 2. The van der Waals surface area contributed by atoms with E-state index in [1.807, 2.05) is 6.92 Å². The molecule has 0 bridgehead atoms. The van der Waals surface area contributed by atoms with Crippen LogP contribution >= 0.6 is 29.9 Å². The van der Waals surface area contributed by atoms with Crippen molar-refractivity contribution in [2.75, 3.05) is 0 Å². The summed E-state index contributed by atoms with van der Waals surface area (Å²) in [5.74, 6) is 7.47. The maximum atomic E-state index is 5.45. The number of fused-ring (bicyclic) bond motifs is 1. The number of hydrogen-bond acceptors (Lipinski definition) is 5. The molecule has 4 aromatic carbocycles. The maximum absolute atomic E-state index is 5.45. The number of benzene rings is 4. The van der Waals surface area contributed by atoms with Crippen molar-refractivity contribution in [3.05, 3.63) is 176 Å². The molecular formula is C50H41N2OOsPS2+. The van der Waals surface area contributed by atoms with Crippen LogP contribution in [0.25, 0.3) is 38.0 Å². The van der Waals surface area contributed by atoms with Gasteiger partial charge in [0, 0.05) is 9.75 Å². The first-order chi connectivity index (χ1) is 28.0. The Kier molecular flexibility index (Phi) is 11.8. The second kappa shape index (κ2) is 17.3. The van der Waals surface area contributed by atoms with Gasteiger partial charge in [-0.15, -0.1) is 11.3 Å². The molecule has 0 saturated heterocycles. The zero-order chi connectivity index (χ0) is 39.4. The number of nitrogens with zero attached hydrogens (tertiary/aromatic N) is 2. The molecule has 1 aliphatic carbocycles. The second-order valence-corrected chi connectivity index (χ2v) is 20.1. The zero-order valence-electron chi connectivity index (χ0n) is 32.3. The molecule has 8 rings (SSSR count). The van der Waals surface area contributed by atoms with Crippen LogP contribution in [0.3, 0.4) is 0 Å². The summed E-state index contributed by atoms with van der Waals surface area (Å²) < 4.78 is 9.28. The monoisotopic (exact) mass is 972 g/mol. The van der Waals surface area contributed by atoms with Crippen LogP contribution in [0, 0.1) is 30.1 Å². The molecular weight excluding hydrogens is 930 g/mol. The Morgan fingerprint density at radius 3 is 1.79 bits per heavy atom. The summed E-state index contributed by atoms with van der Waals surface area (Å²) in [5, 5.41) is 13.9. The summed E-state index contributed by atoms with van der Waals surface area (Å²) in [6.45, 7) is 8.56. The van der Waals surface area contributed by atoms with Gasteiger partial charge in [0.05, 0.1) is 0 Å². The Bertz CT molecular complexity index is 2730. The first kappa shape index (κ1) is 38.9. The van der Waals surface area contributed by atoms with E-state index in [2.05, 4.69) is 187 Å². The van der Waals surface area contributed by atoms with Gasteiger partial charge in [-0.1, -0.05) is 6.08 Å². The molecule has 0 N–H and O–H groups in total. The van der Waals surface area contributed by atoms with E-state index in [-0.39, 0.29) is 0 Å². The van der Waals surface area contributed by atoms with E-state index in [9.17, 15) is 0 Å². The van der Waals surface area contributed by atoms with Gasteiger partial charge in [0.15, 0.2) is 0 Å². The third-order valence-corrected chi connectivity index (χ3v) is 18.2. The standard InChI is InChI=1S/C50H41N2OPS2.Os/c1-6-18-43-29-31-45(55-43)47-34(3)35(4)48(50-49(47)51-53-52-50)46-32-30-44(56-46)28-27-38(33-39-20-17-19-37(39)7-2)36(5)54(40-21-11-8-12-22-40,41-23-13-9-14-24-41)42-25-15-10-16-26-42;/h6-16,18,21-26,29-33H,17,19-20H2,1-4H3;/q+1;/b18-6+,37-7?,38-36?,39-33?;. The van der Waals surface area contributed by atoms with Crippen LogP contribution in [0.1, 0.15) is 54.0 Å². The Hall–Kier alpha value is -4.95. The molecule has 7 aromatic rings. The van der Waals surface area contributed by atoms with Crippen molar-refractivity contribution in [1.82, 2.24) is 10.3 Å². The molecule has 1 fully saturated rings. The molecule has 0 spiro atoms. The minimum atomic E-state index is -2.45. The molecule has 0 atom stereocenters. The molecule has 0 amide bonds. The van der Waals surface area contributed by atoms with Crippen molar-refractivity contribution >= 4 is 63.0 Å². The van der Waals surface area contributed by atoms with E-state index in [0.29, 0.717) is 0 Å². The van der Waals surface area contributed by atoms with Gasteiger partial charge >= 0.3 is 304 Å². The molecule has 0 unspecified atom stereocenters. The Morgan fingerprint density at radius 2 is 1.25 bits per heavy atom. The first-order valence-corrected chi connectivity index (χ1v) is 23.8. The Balaban J connectivity index is 1.33. The zero-order valence-corrected chi connectivity index (χ0v) is 37.4. The van der Waals surface area contributed by atoms with Gasteiger partial charge in [-0.2, -0.15) is 0 Å². The molecule has 0 radical (unpaired) electrons. The molecule has 1 saturated carbocycles. The van der Waals surface area contributed by atoms with Crippen LogP contribution < -0.4 is 15.9 Å². The molecule has 0 aliphatic heterocycles. The topological polar surface area (TPSA) is 38.9 Å². The van der Waals surface area contributed by atoms with Crippen LogP contribution in [-0.2, 0) is 17.9 Å². The number of allylic oxidation sites excluding steroid dienone is 7. The van der Waals surface area contributed by atoms with Gasteiger partial charge in [0.25, 0.3) is 0 Å². The summed E-state index contributed by atoms with van der Waals surface area (Å²) in [4.78, 5) is 4.45. The van der Waals surface area contributed by atoms with Crippen molar-refractivity contribution in [1.29, 1.82) is 0 Å². The van der Waals surface area contributed by atoms with E-state index in [1.54, 1.807) is 40.6 Å². The van der Waals surface area contributed by atoms with Crippen molar-refractivity contribution < 1.29 is 22.6 Å². The number of thiophene rings is 2. The molecule has 281 valence electrons. The summed E-state index contributed by atoms with van der Waals surface area (Å²) in [6.07, 6.45) is 12.1. The van der Waals surface area contributed by atoms with E-state index >= 15 is 0 Å². The normalized spacial score (nSPS) is 14.9. The average molecular weight is 971 g/mol. The summed E-state index contributed by atoms with van der Waals surface area (Å²) in [5.41, 5.74) is 9.86. The van der Waals surface area contributed by atoms with Gasteiger partial charge in [-0.3, -0.25) is 0 Å². The summed E-state index contributed by atoms with van der Waals surface area (Å²) in [7, 11) is -2.45. The third kappa shape index (κ3) is 7.37. The molecule has 1 aliphatic rings.